The van der Waals surface area contributed by atoms with Crippen LogP contribution in [-0.2, 0) is 9.59 Å². The summed E-state index contributed by atoms with van der Waals surface area (Å²) >= 11 is 0. The first-order valence-corrected chi connectivity index (χ1v) is 4.74. The predicted octanol–water partition coefficient (Wildman–Crippen LogP) is -0.682. The van der Waals surface area contributed by atoms with Crippen LogP contribution in [0, 0.1) is 0 Å². The van der Waals surface area contributed by atoms with Crippen LogP contribution >= 0.6 is 0 Å². The molecular formula is C9H19N3O2. The van der Waals surface area contributed by atoms with Gasteiger partial charge in [-0.25, -0.2) is 0 Å². The number of hydrogen-bond donors (Lipinski definition) is 2. The van der Waals surface area contributed by atoms with Gasteiger partial charge in [-0.05, 0) is 6.42 Å². The largest absolute Gasteiger partial charge is 0.358 e. The number of nitrogens with zero attached hydrogens (tertiary/aromatic N) is 1. The average Bonchev–Trinajstić information content (AvgIpc) is 2.16. The second-order valence-electron chi connectivity index (χ2n) is 3.26. The Labute approximate surface area is 84.6 Å². The van der Waals surface area contributed by atoms with E-state index in [0.717, 1.165) is 6.42 Å². The molecule has 5 nitrogen and oxygen atoms in total. The van der Waals surface area contributed by atoms with Crippen molar-refractivity contribution in [1.29, 1.82) is 0 Å². The van der Waals surface area contributed by atoms with Gasteiger partial charge in [0.05, 0.1) is 12.6 Å². The molecule has 0 radical (unpaired) electrons. The summed E-state index contributed by atoms with van der Waals surface area (Å²) in [5, 5.41) is 2.45. The van der Waals surface area contributed by atoms with Crippen LogP contribution in [0.3, 0.4) is 0 Å². The van der Waals surface area contributed by atoms with E-state index in [-0.39, 0.29) is 18.4 Å². The highest BCUT2D eigenvalue weighted by molar-refractivity contribution is 5.87. The number of likely N-dealkylation sites (N-methyl/N-ethyl adjacent to an activating group) is 2. The lowest BCUT2D eigenvalue weighted by Gasteiger charge is -2.19. The standard InChI is InChI=1S/C9H19N3O2/c1-4-5-7(10)9(14)12(3)6-8(13)11-2/h7H,4-6,10H2,1-3H3,(H,11,13)/t7-/m0/s1. The Kier molecular flexibility index (Phi) is 5.87. The van der Waals surface area contributed by atoms with E-state index >= 15 is 0 Å². The van der Waals surface area contributed by atoms with E-state index in [4.69, 9.17) is 5.73 Å². The lowest BCUT2D eigenvalue weighted by atomic mass is 10.1. The van der Waals surface area contributed by atoms with Crippen molar-refractivity contribution >= 4 is 11.8 Å². The summed E-state index contributed by atoms with van der Waals surface area (Å²) in [5.41, 5.74) is 5.62. The molecule has 82 valence electrons. The molecule has 0 aromatic rings. The van der Waals surface area contributed by atoms with Crippen molar-refractivity contribution in [3.05, 3.63) is 0 Å². The van der Waals surface area contributed by atoms with Gasteiger partial charge < -0.3 is 16.0 Å². The summed E-state index contributed by atoms with van der Waals surface area (Å²) in [6.07, 6.45) is 1.51. The quantitative estimate of drug-likeness (QED) is 0.618. The van der Waals surface area contributed by atoms with Crippen molar-refractivity contribution in [1.82, 2.24) is 10.2 Å². The molecule has 0 bridgehead atoms. The Morgan fingerprint density at radius 2 is 2.07 bits per heavy atom. The summed E-state index contributed by atoms with van der Waals surface area (Å²) in [4.78, 5) is 23.8. The van der Waals surface area contributed by atoms with Crippen molar-refractivity contribution in [2.24, 2.45) is 5.73 Å². The fourth-order valence-electron chi connectivity index (χ4n) is 1.09. The Morgan fingerprint density at radius 3 is 2.50 bits per heavy atom. The molecule has 0 aromatic carbocycles. The molecule has 0 spiro atoms. The smallest absolute Gasteiger partial charge is 0.239 e. The number of nitrogens with two attached hydrogens (primary N) is 1. The van der Waals surface area contributed by atoms with Crippen molar-refractivity contribution in [2.75, 3.05) is 20.6 Å². The Bertz CT molecular complexity index is 206. The van der Waals surface area contributed by atoms with Gasteiger partial charge in [0.2, 0.25) is 11.8 Å². The van der Waals surface area contributed by atoms with Crippen LogP contribution in [0.15, 0.2) is 0 Å². The van der Waals surface area contributed by atoms with Gasteiger partial charge in [0.15, 0.2) is 0 Å². The van der Waals surface area contributed by atoms with Crippen molar-refractivity contribution in [2.45, 2.75) is 25.8 Å². The molecule has 0 rings (SSSR count). The molecule has 0 aliphatic carbocycles. The third-order valence-corrected chi connectivity index (χ3v) is 1.95. The maximum atomic E-state index is 11.5. The fourth-order valence-corrected chi connectivity index (χ4v) is 1.09. The first kappa shape index (κ1) is 12.9. The monoisotopic (exact) mass is 201 g/mol. The third-order valence-electron chi connectivity index (χ3n) is 1.95. The molecule has 0 aromatic heterocycles. The van der Waals surface area contributed by atoms with Crippen molar-refractivity contribution in [3.63, 3.8) is 0 Å². The molecular weight excluding hydrogens is 182 g/mol. The Hall–Kier alpha value is -1.10. The van der Waals surface area contributed by atoms with Crippen LogP contribution in [-0.4, -0.2) is 43.4 Å². The van der Waals surface area contributed by atoms with Crippen LogP contribution < -0.4 is 11.1 Å². The molecule has 1 atom stereocenters. The van der Waals surface area contributed by atoms with Crippen LogP contribution in [0.4, 0.5) is 0 Å². The van der Waals surface area contributed by atoms with Gasteiger partial charge >= 0.3 is 0 Å². The first-order valence-electron chi connectivity index (χ1n) is 4.74. The van der Waals surface area contributed by atoms with E-state index in [9.17, 15) is 9.59 Å². The molecule has 0 aliphatic heterocycles. The topological polar surface area (TPSA) is 75.4 Å². The van der Waals surface area contributed by atoms with Crippen LogP contribution in [0.2, 0.25) is 0 Å². The summed E-state index contributed by atoms with van der Waals surface area (Å²) < 4.78 is 0. The van der Waals surface area contributed by atoms with Gasteiger partial charge in [-0.2, -0.15) is 0 Å². The van der Waals surface area contributed by atoms with Gasteiger partial charge in [-0.15, -0.1) is 0 Å². The minimum atomic E-state index is -0.491. The van der Waals surface area contributed by atoms with Gasteiger partial charge in [-0.1, -0.05) is 13.3 Å². The second kappa shape index (κ2) is 6.37. The molecule has 0 saturated carbocycles. The maximum Gasteiger partial charge on any atom is 0.239 e. The van der Waals surface area contributed by atoms with Gasteiger partial charge in [0, 0.05) is 14.1 Å². The van der Waals surface area contributed by atoms with Gasteiger partial charge in [0.1, 0.15) is 0 Å². The molecule has 3 N–H and O–H groups in total. The SMILES string of the molecule is CCC[C@H](N)C(=O)N(C)CC(=O)NC. The Morgan fingerprint density at radius 1 is 1.50 bits per heavy atom. The normalized spacial score (nSPS) is 12.0. The first-order chi connectivity index (χ1) is 6.52. The van der Waals surface area contributed by atoms with E-state index in [0.29, 0.717) is 6.42 Å². The average molecular weight is 201 g/mol. The van der Waals surface area contributed by atoms with Gasteiger partial charge in [-0.3, -0.25) is 9.59 Å². The number of rotatable bonds is 5. The zero-order chi connectivity index (χ0) is 11.1. The van der Waals surface area contributed by atoms with E-state index in [1.54, 1.807) is 7.05 Å². The number of nitrogens with one attached hydrogen (secondary N) is 1. The fraction of sp³-hybridized carbons (Fsp3) is 0.778. The summed E-state index contributed by atoms with van der Waals surface area (Å²) in [6.45, 7) is 2.03. The highest BCUT2D eigenvalue weighted by Crippen LogP contribution is 1.97. The number of hydrogen-bond acceptors (Lipinski definition) is 3. The van der Waals surface area contributed by atoms with Crippen LogP contribution in [0.5, 0.6) is 0 Å². The molecule has 0 fully saturated rings. The second-order valence-corrected chi connectivity index (χ2v) is 3.26. The van der Waals surface area contributed by atoms with Crippen LogP contribution in [0.1, 0.15) is 19.8 Å². The highest BCUT2D eigenvalue weighted by atomic mass is 16.2. The highest BCUT2D eigenvalue weighted by Gasteiger charge is 2.18. The molecule has 0 unspecified atom stereocenters. The summed E-state index contributed by atoms with van der Waals surface area (Å²) in [5.74, 6) is -0.375. The van der Waals surface area contributed by atoms with E-state index in [2.05, 4.69) is 5.32 Å². The molecule has 0 saturated heterocycles. The van der Waals surface area contributed by atoms with Crippen molar-refractivity contribution in [3.8, 4) is 0 Å². The summed E-state index contributed by atoms with van der Waals surface area (Å²) in [7, 11) is 3.11. The number of carbonyl (C=O) groups excluding carboxylic acids is 2. The van der Waals surface area contributed by atoms with Crippen molar-refractivity contribution < 1.29 is 9.59 Å². The van der Waals surface area contributed by atoms with E-state index < -0.39 is 6.04 Å². The molecule has 5 heteroatoms. The predicted molar refractivity (Wildman–Crippen MR) is 54.6 cm³/mol. The maximum absolute atomic E-state index is 11.5. The molecule has 2 amide bonds. The minimum Gasteiger partial charge on any atom is -0.358 e. The lowest BCUT2D eigenvalue weighted by molar-refractivity contribution is -0.135. The minimum absolute atomic E-state index is 0.0622. The van der Waals surface area contributed by atoms with E-state index in [1.807, 2.05) is 6.92 Å². The molecule has 0 aliphatic rings. The Balaban J connectivity index is 4.04. The zero-order valence-corrected chi connectivity index (χ0v) is 9.04. The third kappa shape index (κ3) is 4.23. The molecule has 0 heterocycles. The van der Waals surface area contributed by atoms with E-state index in [1.165, 1.54) is 11.9 Å². The zero-order valence-electron chi connectivity index (χ0n) is 9.04. The van der Waals surface area contributed by atoms with Gasteiger partial charge in [0.25, 0.3) is 0 Å². The number of carbonyl (C=O) groups is 2. The number of amides is 2. The summed E-state index contributed by atoms with van der Waals surface area (Å²) in [6, 6.07) is -0.491. The lowest BCUT2D eigenvalue weighted by Crippen LogP contribution is -2.45. The van der Waals surface area contributed by atoms with Crippen LogP contribution in [0.25, 0.3) is 0 Å². The molecule has 14 heavy (non-hydrogen) atoms.